The lowest BCUT2D eigenvalue weighted by Crippen LogP contribution is -2.31. The van der Waals surface area contributed by atoms with Gasteiger partial charge in [-0.1, -0.05) is 18.2 Å². The van der Waals surface area contributed by atoms with Crippen LogP contribution in [0.2, 0.25) is 0 Å². The number of benzene rings is 2. The number of nitrogens with one attached hydrogen (secondary N) is 1. The van der Waals surface area contributed by atoms with Crippen molar-refractivity contribution in [2.45, 2.75) is 13.8 Å². The molecule has 5 aromatic rings. The van der Waals surface area contributed by atoms with Gasteiger partial charge in [0.2, 0.25) is 5.88 Å². The highest BCUT2D eigenvalue weighted by Gasteiger charge is 2.21. The predicted molar refractivity (Wildman–Crippen MR) is 152 cm³/mol. The van der Waals surface area contributed by atoms with Crippen molar-refractivity contribution in [3.05, 3.63) is 100 Å². The van der Waals surface area contributed by atoms with Crippen molar-refractivity contribution in [3.8, 4) is 28.8 Å². The van der Waals surface area contributed by atoms with Crippen LogP contribution < -0.4 is 25.1 Å². The van der Waals surface area contributed by atoms with E-state index in [2.05, 4.69) is 20.3 Å². The largest absolute Gasteiger partial charge is 0.493 e. The minimum absolute atomic E-state index is 0.178. The number of fused-ring (bicyclic) bond motifs is 1. The van der Waals surface area contributed by atoms with E-state index in [4.69, 9.17) is 14.2 Å². The van der Waals surface area contributed by atoms with Crippen molar-refractivity contribution in [2.75, 3.05) is 19.5 Å². The number of ether oxygens (including phenoxy) is 3. The molecule has 0 unspecified atom stereocenters. The number of ketones is 1. The summed E-state index contributed by atoms with van der Waals surface area (Å²) in [5.41, 5.74) is 1.09. The van der Waals surface area contributed by atoms with E-state index in [1.807, 2.05) is 6.07 Å². The van der Waals surface area contributed by atoms with Gasteiger partial charge in [0.1, 0.15) is 23.5 Å². The van der Waals surface area contributed by atoms with E-state index < -0.39 is 11.5 Å². The Kier molecular flexibility index (Phi) is 7.42. The lowest BCUT2D eigenvalue weighted by molar-refractivity contribution is 0.101. The first kappa shape index (κ1) is 27.0. The van der Waals surface area contributed by atoms with Crippen molar-refractivity contribution in [1.82, 2.24) is 19.5 Å². The second-order valence-electron chi connectivity index (χ2n) is 8.93. The first-order valence-electron chi connectivity index (χ1n) is 12.5. The fourth-order valence-corrected chi connectivity index (χ4v) is 4.36. The van der Waals surface area contributed by atoms with E-state index in [1.165, 1.54) is 50.4 Å². The third kappa shape index (κ3) is 5.33. The average Bonchev–Trinajstić information content (AvgIpc) is 2.98. The summed E-state index contributed by atoms with van der Waals surface area (Å²) in [6.45, 7) is 3.05. The first-order chi connectivity index (χ1) is 19.8. The quantitative estimate of drug-likeness (QED) is 0.271. The van der Waals surface area contributed by atoms with Crippen LogP contribution in [0.3, 0.4) is 0 Å². The number of para-hydroxylation sites is 1. The Labute approximate surface area is 234 Å². The molecule has 0 aliphatic rings. The zero-order valence-corrected chi connectivity index (χ0v) is 22.7. The van der Waals surface area contributed by atoms with Crippen LogP contribution in [0.1, 0.15) is 33.3 Å². The number of hydrogen-bond acceptors (Lipinski definition) is 9. The number of Topliss-reactive ketones (excluding diaryl/α,β-unsaturated/α-hetero) is 1. The minimum Gasteiger partial charge on any atom is -0.493 e. The molecule has 11 nitrogen and oxygen atoms in total. The van der Waals surface area contributed by atoms with Gasteiger partial charge < -0.3 is 19.5 Å². The van der Waals surface area contributed by atoms with Crippen molar-refractivity contribution in [3.63, 3.8) is 0 Å². The Hall–Kier alpha value is -5.58. The van der Waals surface area contributed by atoms with E-state index >= 15 is 0 Å². The molecule has 3 aromatic heterocycles. The van der Waals surface area contributed by atoms with Gasteiger partial charge in [0.25, 0.3) is 11.5 Å². The molecule has 0 fully saturated rings. The van der Waals surface area contributed by atoms with Crippen molar-refractivity contribution >= 4 is 28.4 Å². The predicted octanol–water partition coefficient (Wildman–Crippen LogP) is 4.75. The number of rotatable bonds is 8. The number of methoxy groups -OCH3 is 2. The smallest absolute Gasteiger partial charge is 0.268 e. The summed E-state index contributed by atoms with van der Waals surface area (Å²) < 4.78 is 18.0. The molecular formula is C30H25N5O6. The summed E-state index contributed by atoms with van der Waals surface area (Å²) in [5.74, 6) is 0.834. The number of anilines is 1. The molecule has 0 spiro atoms. The summed E-state index contributed by atoms with van der Waals surface area (Å²) in [5, 5.41) is 3.22. The Bertz CT molecular complexity index is 1840. The van der Waals surface area contributed by atoms with Crippen LogP contribution in [-0.4, -0.2) is 45.4 Å². The number of pyridine rings is 2. The number of nitrogens with zero attached hydrogens (tertiary/aromatic N) is 4. The number of carbonyl (C=O) groups excluding carboxylic acids is 2. The van der Waals surface area contributed by atoms with Gasteiger partial charge in [-0.05, 0) is 50.2 Å². The summed E-state index contributed by atoms with van der Waals surface area (Å²) in [6, 6.07) is 16.7. The Morgan fingerprint density at radius 2 is 1.61 bits per heavy atom. The molecule has 0 saturated heterocycles. The average molecular weight is 552 g/mol. The van der Waals surface area contributed by atoms with Crippen LogP contribution in [0.4, 0.5) is 5.82 Å². The van der Waals surface area contributed by atoms with Crippen LogP contribution in [0.5, 0.6) is 23.1 Å². The molecule has 0 aliphatic heterocycles. The van der Waals surface area contributed by atoms with Crippen LogP contribution in [0.15, 0.2) is 78.0 Å². The fourth-order valence-electron chi connectivity index (χ4n) is 4.36. The van der Waals surface area contributed by atoms with Crippen LogP contribution >= 0.6 is 0 Å². The summed E-state index contributed by atoms with van der Waals surface area (Å²) >= 11 is 0. The van der Waals surface area contributed by atoms with Crippen LogP contribution in [0, 0.1) is 6.92 Å². The lowest BCUT2D eigenvalue weighted by atomic mass is 10.1. The van der Waals surface area contributed by atoms with Crippen molar-refractivity contribution < 1.29 is 23.8 Å². The molecule has 1 N–H and O–H groups in total. The summed E-state index contributed by atoms with van der Waals surface area (Å²) in [6.07, 6.45) is 2.77. The highest BCUT2D eigenvalue weighted by molar-refractivity contribution is 6.05. The maximum atomic E-state index is 13.4. The van der Waals surface area contributed by atoms with Gasteiger partial charge in [-0.2, -0.15) is 0 Å². The highest BCUT2D eigenvalue weighted by atomic mass is 16.5. The van der Waals surface area contributed by atoms with E-state index in [1.54, 1.807) is 49.4 Å². The molecule has 0 atom stereocenters. The maximum Gasteiger partial charge on any atom is 0.268 e. The topological polar surface area (TPSA) is 135 Å². The molecule has 11 heteroatoms. The minimum atomic E-state index is -0.703. The standard InChI is InChI=1S/C30H25N5O6/c1-17-21(18(2)36)12-23(30(38)35(17)19-8-6-5-7-9-19)28(37)34-27-11-10-20(15-31-27)41-29-22-13-25(39-3)26(40-4)14-24(22)32-16-33-29/h5-16H,1-4H3,(H,31,34,37). The number of hydrogen-bond donors (Lipinski definition) is 1. The SMILES string of the molecule is COc1cc2ncnc(Oc3ccc(NC(=O)c4cc(C(C)=O)c(C)n(-c5ccccc5)c4=O)nc3)c2cc1OC. The lowest BCUT2D eigenvalue weighted by Gasteiger charge is -2.15. The molecule has 41 heavy (non-hydrogen) atoms. The Balaban J connectivity index is 1.41. The zero-order chi connectivity index (χ0) is 29.1. The second-order valence-corrected chi connectivity index (χ2v) is 8.93. The van der Waals surface area contributed by atoms with Gasteiger partial charge in [-0.3, -0.25) is 19.0 Å². The number of aromatic nitrogens is 4. The van der Waals surface area contributed by atoms with Gasteiger partial charge >= 0.3 is 0 Å². The molecule has 1 amide bonds. The molecule has 0 bridgehead atoms. The molecular weight excluding hydrogens is 526 g/mol. The van der Waals surface area contributed by atoms with Crippen molar-refractivity contribution in [1.29, 1.82) is 0 Å². The zero-order valence-electron chi connectivity index (χ0n) is 22.7. The van der Waals surface area contributed by atoms with Gasteiger partial charge in [0, 0.05) is 23.0 Å². The molecule has 0 saturated carbocycles. The second kappa shape index (κ2) is 11.3. The van der Waals surface area contributed by atoms with E-state index in [0.29, 0.717) is 39.5 Å². The Morgan fingerprint density at radius 1 is 0.878 bits per heavy atom. The maximum absolute atomic E-state index is 13.4. The van der Waals surface area contributed by atoms with E-state index in [0.717, 1.165) is 0 Å². The summed E-state index contributed by atoms with van der Waals surface area (Å²) in [4.78, 5) is 51.6. The number of carbonyl (C=O) groups is 2. The molecule has 3 heterocycles. The van der Waals surface area contributed by atoms with Gasteiger partial charge in [-0.15, -0.1) is 0 Å². The third-order valence-electron chi connectivity index (χ3n) is 6.38. The van der Waals surface area contributed by atoms with Crippen molar-refractivity contribution in [2.24, 2.45) is 0 Å². The van der Waals surface area contributed by atoms with Crippen LogP contribution in [0.25, 0.3) is 16.6 Å². The van der Waals surface area contributed by atoms with Crippen LogP contribution in [-0.2, 0) is 0 Å². The first-order valence-corrected chi connectivity index (χ1v) is 12.5. The molecule has 0 radical (unpaired) electrons. The van der Waals surface area contributed by atoms with Gasteiger partial charge in [0.05, 0.1) is 31.3 Å². The highest BCUT2D eigenvalue weighted by Crippen LogP contribution is 2.35. The molecule has 0 aliphatic carbocycles. The third-order valence-corrected chi connectivity index (χ3v) is 6.38. The number of amides is 1. The molecule has 2 aromatic carbocycles. The fraction of sp³-hybridized carbons (Fsp3) is 0.133. The molecule has 5 rings (SSSR count). The van der Waals surface area contributed by atoms with Gasteiger partial charge in [0.15, 0.2) is 17.3 Å². The monoisotopic (exact) mass is 551 g/mol. The summed E-state index contributed by atoms with van der Waals surface area (Å²) in [7, 11) is 3.06. The van der Waals surface area contributed by atoms with E-state index in [9.17, 15) is 14.4 Å². The Morgan fingerprint density at radius 3 is 2.27 bits per heavy atom. The molecule has 206 valence electrons. The van der Waals surface area contributed by atoms with E-state index in [-0.39, 0.29) is 28.6 Å². The normalized spacial score (nSPS) is 10.7. The van der Waals surface area contributed by atoms with Gasteiger partial charge in [-0.25, -0.2) is 15.0 Å².